The molecule has 0 spiro atoms. The van der Waals surface area contributed by atoms with Crippen LogP contribution >= 0.6 is 0 Å². The number of piperidine rings is 1. The molecular weight excluding hydrogens is 416 g/mol. The summed E-state index contributed by atoms with van der Waals surface area (Å²) in [6, 6.07) is 12.0. The van der Waals surface area contributed by atoms with E-state index in [2.05, 4.69) is 15.2 Å². The standard InChI is InChI=1S/C22H30N4O4S/c1-17-6-4-8-21(23-17)24-22(27)18-7-5-13-26(16-18)14-15-30-19-9-11-20(12-10-19)31(28,29)25(2)3/h4,6,8-12,18H,5,7,13-16H2,1-3H3,(H,23,24,27). The van der Waals surface area contributed by atoms with Crippen LogP contribution in [0.3, 0.4) is 0 Å². The monoisotopic (exact) mass is 446 g/mol. The second-order valence-corrected chi connectivity index (χ2v) is 10.1. The molecule has 1 fully saturated rings. The maximum atomic E-state index is 12.6. The summed E-state index contributed by atoms with van der Waals surface area (Å²) < 4.78 is 31.2. The third-order valence-electron chi connectivity index (χ3n) is 5.29. The van der Waals surface area contributed by atoms with Crippen molar-refractivity contribution in [2.75, 3.05) is 45.7 Å². The number of hydrogen-bond donors (Lipinski definition) is 1. The molecule has 1 aliphatic heterocycles. The van der Waals surface area contributed by atoms with Crippen molar-refractivity contribution in [1.29, 1.82) is 0 Å². The van der Waals surface area contributed by atoms with Crippen molar-refractivity contribution in [3.8, 4) is 5.75 Å². The highest BCUT2D eigenvalue weighted by Gasteiger charge is 2.26. The molecule has 0 aliphatic carbocycles. The molecule has 1 saturated heterocycles. The fourth-order valence-electron chi connectivity index (χ4n) is 3.52. The number of nitrogens with one attached hydrogen (secondary N) is 1. The van der Waals surface area contributed by atoms with Crippen molar-refractivity contribution in [2.24, 2.45) is 5.92 Å². The number of likely N-dealkylation sites (tertiary alicyclic amines) is 1. The first-order chi connectivity index (χ1) is 14.8. The molecule has 2 aromatic rings. The van der Waals surface area contributed by atoms with E-state index < -0.39 is 10.0 Å². The number of carbonyl (C=O) groups is 1. The van der Waals surface area contributed by atoms with Crippen molar-refractivity contribution < 1.29 is 17.9 Å². The maximum absolute atomic E-state index is 12.6. The Morgan fingerprint density at radius 2 is 1.97 bits per heavy atom. The minimum atomic E-state index is -3.44. The molecule has 0 radical (unpaired) electrons. The molecule has 2 heterocycles. The van der Waals surface area contributed by atoms with Crippen molar-refractivity contribution in [2.45, 2.75) is 24.7 Å². The molecule has 1 N–H and O–H groups in total. The highest BCUT2D eigenvalue weighted by molar-refractivity contribution is 7.89. The van der Waals surface area contributed by atoms with Crippen molar-refractivity contribution >= 4 is 21.7 Å². The van der Waals surface area contributed by atoms with Gasteiger partial charge in [-0.05, 0) is 62.7 Å². The number of nitrogens with zero attached hydrogens (tertiary/aromatic N) is 3. The zero-order valence-electron chi connectivity index (χ0n) is 18.2. The minimum Gasteiger partial charge on any atom is -0.492 e. The van der Waals surface area contributed by atoms with E-state index >= 15 is 0 Å². The number of amides is 1. The van der Waals surface area contributed by atoms with Crippen molar-refractivity contribution in [3.63, 3.8) is 0 Å². The van der Waals surface area contributed by atoms with Crippen LogP contribution < -0.4 is 10.1 Å². The first-order valence-corrected chi connectivity index (χ1v) is 11.8. The second-order valence-electron chi connectivity index (χ2n) is 7.90. The Morgan fingerprint density at radius 3 is 2.65 bits per heavy atom. The van der Waals surface area contributed by atoms with Gasteiger partial charge in [0, 0.05) is 32.9 Å². The third kappa shape index (κ3) is 6.25. The number of aromatic nitrogens is 1. The SMILES string of the molecule is Cc1cccc(NC(=O)C2CCCN(CCOc3ccc(S(=O)(=O)N(C)C)cc3)C2)n1. The molecule has 0 bridgehead atoms. The number of anilines is 1. The van der Waals surface area contributed by atoms with Gasteiger partial charge in [-0.15, -0.1) is 0 Å². The molecule has 1 aromatic heterocycles. The van der Waals surface area contributed by atoms with E-state index in [0.717, 1.165) is 25.1 Å². The van der Waals surface area contributed by atoms with E-state index in [0.29, 0.717) is 31.3 Å². The lowest BCUT2D eigenvalue weighted by molar-refractivity contribution is -0.121. The van der Waals surface area contributed by atoms with E-state index in [4.69, 9.17) is 4.74 Å². The van der Waals surface area contributed by atoms with Crippen LogP contribution in [0.15, 0.2) is 47.4 Å². The Labute approximate surface area is 184 Å². The van der Waals surface area contributed by atoms with Crippen LogP contribution in [0.1, 0.15) is 18.5 Å². The number of pyridine rings is 1. The van der Waals surface area contributed by atoms with Gasteiger partial charge in [0.25, 0.3) is 0 Å². The van der Waals surface area contributed by atoms with Gasteiger partial charge in [0.2, 0.25) is 15.9 Å². The highest BCUT2D eigenvalue weighted by atomic mass is 32.2. The van der Waals surface area contributed by atoms with Crippen LogP contribution in [0, 0.1) is 12.8 Å². The van der Waals surface area contributed by atoms with E-state index in [-0.39, 0.29) is 16.7 Å². The lowest BCUT2D eigenvalue weighted by Gasteiger charge is -2.31. The molecule has 8 nitrogen and oxygen atoms in total. The predicted octanol–water partition coefficient (Wildman–Crippen LogP) is 2.37. The number of rotatable bonds is 8. The number of benzene rings is 1. The molecule has 9 heteroatoms. The van der Waals surface area contributed by atoms with Gasteiger partial charge in [0.05, 0.1) is 10.8 Å². The second kappa shape index (κ2) is 10.2. The molecule has 31 heavy (non-hydrogen) atoms. The predicted molar refractivity (Wildman–Crippen MR) is 120 cm³/mol. The summed E-state index contributed by atoms with van der Waals surface area (Å²) in [5.74, 6) is 1.13. The number of hydrogen-bond acceptors (Lipinski definition) is 6. The van der Waals surface area contributed by atoms with Crippen molar-refractivity contribution in [3.05, 3.63) is 48.2 Å². The van der Waals surface area contributed by atoms with E-state index in [1.54, 1.807) is 30.3 Å². The topological polar surface area (TPSA) is 91.8 Å². The Bertz CT molecular complexity index is 993. The Morgan fingerprint density at radius 1 is 1.23 bits per heavy atom. The molecule has 1 aliphatic rings. The maximum Gasteiger partial charge on any atom is 0.242 e. The summed E-state index contributed by atoms with van der Waals surface area (Å²) in [4.78, 5) is 19.4. The molecule has 1 aromatic carbocycles. The minimum absolute atomic E-state index is 0.00130. The third-order valence-corrected chi connectivity index (χ3v) is 7.12. The zero-order valence-corrected chi connectivity index (χ0v) is 19.1. The van der Waals surface area contributed by atoms with Gasteiger partial charge in [-0.1, -0.05) is 6.07 Å². The van der Waals surface area contributed by atoms with Crippen LogP contribution in [0.25, 0.3) is 0 Å². The summed E-state index contributed by atoms with van der Waals surface area (Å²) in [5.41, 5.74) is 0.868. The molecule has 0 saturated carbocycles. The summed E-state index contributed by atoms with van der Waals surface area (Å²) >= 11 is 0. The number of carbonyl (C=O) groups excluding carboxylic acids is 1. The molecular formula is C22H30N4O4S. The van der Waals surface area contributed by atoms with Crippen LogP contribution in [0.4, 0.5) is 5.82 Å². The molecule has 1 amide bonds. The summed E-state index contributed by atoms with van der Waals surface area (Å²) in [5, 5.41) is 2.92. The summed E-state index contributed by atoms with van der Waals surface area (Å²) in [7, 11) is -0.437. The Kier molecular flexibility index (Phi) is 7.64. The average Bonchev–Trinajstić information content (AvgIpc) is 2.74. The largest absolute Gasteiger partial charge is 0.492 e. The normalized spacial score (nSPS) is 17.5. The molecule has 1 atom stereocenters. The first-order valence-electron chi connectivity index (χ1n) is 10.4. The summed E-state index contributed by atoms with van der Waals surface area (Å²) in [6.07, 6.45) is 1.81. The quantitative estimate of drug-likeness (QED) is 0.669. The Balaban J connectivity index is 1.47. The fourth-order valence-corrected chi connectivity index (χ4v) is 4.43. The number of sulfonamides is 1. The zero-order chi connectivity index (χ0) is 22.4. The fraction of sp³-hybridized carbons (Fsp3) is 0.455. The molecule has 1 unspecified atom stereocenters. The van der Waals surface area contributed by atoms with Gasteiger partial charge in [-0.3, -0.25) is 9.69 Å². The van der Waals surface area contributed by atoms with Gasteiger partial charge in [-0.2, -0.15) is 0 Å². The Hall–Kier alpha value is -2.49. The van der Waals surface area contributed by atoms with E-state index in [1.807, 2.05) is 19.1 Å². The van der Waals surface area contributed by atoms with Gasteiger partial charge in [-0.25, -0.2) is 17.7 Å². The highest BCUT2D eigenvalue weighted by Crippen LogP contribution is 2.20. The van der Waals surface area contributed by atoms with Crippen LogP contribution in [-0.2, 0) is 14.8 Å². The van der Waals surface area contributed by atoms with Crippen LogP contribution in [0.5, 0.6) is 5.75 Å². The first kappa shape index (κ1) is 23.2. The van der Waals surface area contributed by atoms with E-state index in [1.165, 1.54) is 18.4 Å². The summed E-state index contributed by atoms with van der Waals surface area (Å²) in [6.45, 7) is 4.67. The lowest BCUT2D eigenvalue weighted by atomic mass is 9.97. The van der Waals surface area contributed by atoms with Gasteiger partial charge in [0.15, 0.2) is 0 Å². The van der Waals surface area contributed by atoms with E-state index in [9.17, 15) is 13.2 Å². The lowest BCUT2D eigenvalue weighted by Crippen LogP contribution is -2.42. The smallest absolute Gasteiger partial charge is 0.242 e. The van der Waals surface area contributed by atoms with Crippen LogP contribution in [-0.4, -0.2) is 68.9 Å². The number of aryl methyl sites for hydroxylation is 1. The van der Waals surface area contributed by atoms with Gasteiger partial charge in [0.1, 0.15) is 18.2 Å². The average molecular weight is 447 g/mol. The molecule has 168 valence electrons. The van der Waals surface area contributed by atoms with Crippen LogP contribution in [0.2, 0.25) is 0 Å². The van der Waals surface area contributed by atoms with Gasteiger partial charge >= 0.3 is 0 Å². The molecule has 3 rings (SSSR count). The van der Waals surface area contributed by atoms with Gasteiger partial charge < -0.3 is 10.1 Å². The number of ether oxygens (including phenoxy) is 1. The van der Waals surface area contributed by atoms with Crippen molar-refractivity contribution in [1.82, 2.24) is 14.2 Å².